The summed E-state index contributed by atoms with van der Waals surface area (Å²) in [6.45, 7) is 5.23. The van der Waals surface area contributed by atoms with Gasteiger partial charge in [-0.05, 0) is 6.92 Å². The van der Waals surface area contributed by atoms with Gasteiger partial charge in [-0.3, -0.25) is 4.90 Å². The molecule has 0 amide bonds. The van der Waals surface area contributed by atoms with E-state index in [4.69, 9.17) is 0 Å². The summed E-state index contributed by atoms with van der Waals surface area (Å²) in [7, 11) is 0. The predicted molar refractivity (Wildman–Crippen MR) is 56.9 cm³/mol. The van der Waals surface area contributed by atoms with Crippen LogP contribution in [-0.2, 0) is 6.42 Å². The molecular formula is C10H15F3N4O. The minimum atomic E-state index is -4.32. The largest absolute Gasteiger partial charge is 0.397 e. The molecule has 1 fully saturated rings. The van der Waals surface area contributed by atoms with Gasteiger partial charge in [0.25, 0.3) is 0 Å². The van der Waals surface area contributed by atoms with Gasteiger partial charge in [-0.15, -0.1) is 0 Å². The average molecular weight is 264 g/mol. The van der Waals surface area contributed by atoms with Gasteiger partial charge in [-0.1, -0.05) is 5.16 Å². The van der Waals surface area contributed by atoms with Gasteiger partial charge in [-0.25, -0.2) is 0 Å². The molecule has 2 rings (SSSR count). The number of hydrogen-bond acceptors (Lipinski definition) is 5. The summed E-state index contributed by atoms with van der Waals surface area (Å²) in [5.41, 5.74) is 0. The van der Waals surface area contributed by atoms with Gasteiger partial charge >= 0.3 is 6.18 Å². The summed E-state index contributed by atoms with van der Waals surface area (Å²) in [4.78, 5) is 5.92. The average Bonchev–Trinajstić information content (AvgIpc) is 2.75. The third kappa shape index (κ3) is 3.42. The van der Waals surface area contributed by atoms with Gasteiger partial charge in [0, 0.05) is 26.2 Å². The van der Waals surface area contributed by atoms with Crippen molar-refractivity contribution < 1.29 is 17.7 Å². The fraction of sp³-hybridized carbons (Fsp3) is 0.800. The van der Waals surface area contributed by atoms with Crippen LogP contribution < -0.4 is 5.32 Å². The van der Waals surface area contributed by atoms with Gasteiger partial charge < -0.3 is 9.84 Å². The Bertz CT molecular complexity index is 387. The SMILES string of the molecule is CC(c1noc(CC(F)(F)F)n1)N1CCNCC1. The Kier molecular flexibility index (Phi) is 3.86. The summed E-state index contributed by atoms with van der Waals surface area (Å²) >= 11 is 0. The second-order valence-corrected chi connectivity index (χ2v) is 4.30. The minimum absolute atomic E-state index is 0.127. The van der Waals surface area contributed by atoms with E-state index in [-0.39, 0.29) is 11.9 Å². The molecule has 0 saturated carbocycles. The molecule has 1 atom stereocenters. The van der Waals surface area contributed by atoms with Crippen LogP contribution in [0.3, 0.4) is 0 Å². The van der Waals surface area contributed by atoms with Crippen molar-refractivity contribution in [2.24, 2.45) is 0 Å². The van der Waals surface area contributed by atoms with Gasteiger partial charge in [-0.2, -0.15) is 18.2 Å². The van der Waals surface area contributed by atoms with Crippen molar-refractivity contribution in [2.75, 3.05) is 26.2 Å². The molecule has 1 N–H and O–H groups in total. The maximum atomic E-state index is 12.2. The number of hydrogen-bond donors (Lipinski definition) is 1. The van der Waals surface area contributed by atoms with Crippen molar-refractivity contribution in [3.8, 4) is 0 Å². The third-order valence-corrected chi connectivity index (χ3v) is 2.91. The minimum Gasteiger partial charge on any atom is -0.339 e. The van der Waals surface area contributed by atoms with Crippen LogP contribution in [0.15, 0.2) is 4.52 Å². The highest BCUT2D eigenvalue weighted by Crippen LogP contribution is 2.22. The number of rotatable bonds is 3. The van der Waals surface area contributed by atoms with E-state index in [1.165, 1.54) is 0 Å². The van der Waals surface area contributed by atoms with Crippen LogP contribution in [0, 0.1) is 0 Å². The number of halogens is 3. The molecule has 1 aliphatic rings. The fourth-order valence-electron chi connectivity index (χ4n) is 1.91. The number of alkyl halides is 3. The van der Waals surface area contributed by atoms with E-state index in [1.807, 2.05) is 6.92 Å². The third-order valence-electron chi connectivity index (χ3n) is 2.91. The van der Waals surface area contributed by atoms with Crippen molar-refractivity contribution in [2.45, 2.75) is 25.6 Å². The van der Waals surface area contributed by atoms with Crippen LogP contribution in [0.25, 0.3) is 0 Å². The van der Waals surface area contributed by atoms with E-state index >= 15 is 0 Å². The standard InChI is InChI=1S/C10H15F3N4O/c1-7(17-4-2-14-3-5-17)9-15-8(18-16-9)6-10(11,12)13/h7,14H,2-6H2,1H3. The molecule has 1 aromatic rings. The molecule has 8 heteroatoms. The molecule has 1 unspecified atom stereocenters. The number of nitrogens with one attached hydrogen (secondary N) is 1. The molecule has 18 heavy (non-hydrogen) atoms. The van der Waals surface area contributed by atoms with E-state index in [0.717, 1.165) is 26.2 Å². The topological polar surface area (TPSA) is 54.2 Å². The summed E-state index contributed by atoms with van der Waals surface area (Å²) < 4.78 is 41.1. The first kappa shape index (κ1) is 13.3. The van der Waals surface area contributed by atoms with Gasteiger partial charge in [0.1, 0.15) is 6.42 Å². The van der Waals surface area contributed by atoms with Crippen LogP contribution in [0.4, 0.5) is 13.2 Å². The highest BCUT2D eigenvalue weighted by Gasteiger charge is 2.32. The number of aromatic nitrogens is 2. The van der Waals surface area contributed by atoms with Gasteiger partial charge in [0.2, 0.25) is 5.89 Å². The Morgan fingerprint density at radius 3 is 2.67 bits per heavy atom. The van der Waals surface area contributed by atoms with E-state index in [1.54, 1.807) is 0 Å². The van der Waals surface area contributed by atoms with Crippen LogP contribution in [0.5, 0.6) is 0 Å². The lowest BCUT2D eigenvalue weighted by Crippen LogP contribution is -2.44. The van der Waals surface area contributed by atoms with Crippen LogP contribution >= 0.6 is 0 Å². The van der Waals surface area contributed by atoms with Crippen LogP contribution in [-0.4, -0.2) is 47.4 Å². The van der Waals surface area contributed by atoms with Crippen molar-refractivity contribution in [1.82, 2.24) is 20.4 Å². The smallest absolute Gasteiger partial charge is 0.339 e. The molecule has 0 radical (unpaired) electrons. The van der Waals surface area contributed by atoms with E-state index in [2.05, 4.69) is 24.9 Å². The highest BCUT2D eigenvalue weighted by molar-refractivity contribution is 4.95. The Morgan fingerprint density at radius 2 is 2.06 bits per heavy atom. The maximum absolute atomic E-state index is 12.2. The molecule has 2 heterocycles. The summed E-state index contributed by atoms with van der Waals surface area (Å²) in [6.07, 6.45) is -5.49. The maximum Gasteiger partial charge on any atom is 0.397 e. The zero-order valence-corrected chi connectivity index (χ0v) is 10.00. The molecule has 0 aliphatic carbocycles. The van der Waals surface area contributed by atoms with Crippen molar-refractivity contribution in [3.63, 3.8) is 0 Å². The van der Waals surface area contributed by atoms with Crippen molar-refractivity contribution in [1.29, 1.82) is 0 Å². The van der Waals surface area contributed by atoms with E-state index < -0.39 is 12.6 Å². The molecular weight excluding hydrogens is 249 g/mol. The first-order chi connectivity index (χ1) is 8.46. The Labute approximate surface area is 102 Å². The monoisotopic (exact) mass is 264 g/mol. The summed E-state index contributed by atoms with van der Waals surface area (Å²) in [5, 5.41) is 6.83. The molecule has 0 spiro atoms. The first-order valence-corrected chi connectivity index (χ1v) is 5.80. The molecule has 5 nitrogen and oxygen atoms in total. The summed E-state index contributed by atoms with van der Waals surface area (Å²) in [6, 6.07) is -0.127. The zero-order chi connectivity index (χ0) is 13.2. The second kappa shape index (κ2) is 5.23. The van der Waals surface area contributed by atoms with Crippen LogP contribution in [0.2, 0.25) is 0 Å². The second-order valence-electron chi connectivity index (χ2n) is 4.30. The predicted octanol–water partition coefficient (Wildman–Crippen LogP) is 1.14. The van der Waals surface area contributed by atoms with Gasteiger partial charge in [0.15, 0.2) is 5.82 Å². The normalized spacial score (nSPS) is 20.0. The highest BCUT2D eigenvalue weighted by atomic mass is 19.4. The lowest BCUT2D eigenvalue weighted by molar-refractivity contribution is -0.131. The Balaban J connectivity index is 2.00. The van der Waals surface area contributed by atoms with Crippen molar-refractivity contribution >= 4 is 0 Å². The lowest BCUT2D eigenvalue weighted by atomic mass is 10.2. The Morgan fingerprint density at radius 1 is 1.39 bits per heavy atom. The molecule has 1 saturated heterocycles. The number of piperazine rings is 1. The van der Waals surface area contributed by atoms with E-state index in [0.29, 0.717) is 5.82 Å². The molecule has 1 aromatic heterocycles. The lowest BCUT2D eigenvalue weighted by Gasteiger charge is -2.30. The van der Waals surface area contributed by atoms with Crippen molar-refractivity contribution in [3.05, 3.63) is 11.7 Å². The summed E-state index contributed by atoms with van der Waals surface area (Å²) in [5.74, 6) is -0.0596. The molecule has 1 aliphatic heterocycles. The number of nitrogens with zero attached hydrogens (tertiary/aromatic N) is 3. The molecule has 0 aromatic carbocycles. The fourth-order valence-corrected chi connectivity index (χ4v) is 1.91. The van der Waals surface area contributed by atoms with Gasteiger partial charge in [0.05, 0.1) is 6.04 Å². The van der Waals surface area contributed by atoms with Crippen LogP contribution in [0.1, 0.15) is 24.7 Å². The van der Waals surface area contributed by atoms with E-state index in [9.17, 15) is 13.2 Å². The molecule has 0 bridgehead atoms. The molecule has 102 valence electrons. The Hall–Kier alpha value is -1.15. The zero-order valence-electron chi connectivity index (χ0n) is 10.00. The quantitative estimate of drug-likeness (QED) is 0.887. The first-order valence-electron chi connectivity index (χ1n) is 5.80.